The van der Waals surface area contributed by atoms with Gasteiger partial charge < -0.3 is 5.32 Å². The zero-order valence-electron chi connectivity index (χ0n) is 13.6. The molecule has 4 aromatic rings. The molecule has 9 heteroatoms. The summed E-state index contributed by atoms with van der Waals surface area (Å²) in [7, 11) is 0. The Morgan fingerprint density at radius 1 is 1.15 bits per heavy atom. The fourth-order valence-corrected chi connectivity index (χ4v) is 2.44. The summed E-state index contributed by atoms with van der Waals surface area (Å²) in [5.41, 5.74) is 2.24. The fraction of sp³-hybridized carbons (Fsp3) is 0.0588. The van der Waals surface area contributed by atoms with Crippen molar-refractivity contribution in [1.82, 2.24) is 35.2 Å². The molecule has 26 heavy (non-hydrogen) atoms. The number of carbonyl (C=O) groups is 1. The summed E-state index contributed by atoms with van der Waals surface area (Å²) in [4.78, 5) is 20.7. The lowest BCUT2D eigenvalue weighted by Gasteiger charge is -2.07. The Balaban J connectivity index is 1.45. The number of nitrogens with one attached hydrogen (secondary N) is 2. The summed E-state index contributed by atoms with van der Waals surface area (Å²) in [6, 6.07) is 10.9. The van der Waals surface area contributed by atoms with Crippen LogP contribution in [0.4, 0.5) is 5.69 Å². The topological polar surface area (TPSA) is 114 Å². The van der Waals surface area contributed by atoms with Crippen molar-refractivity contribution < 1.29 is 4.79 Å². The number of aromatic nitrogens is 7. The first-order chi connectivity index (χ1) is 12.8. The predicted octanol–water partition coefficient (Wildman–Crippen LogP) is 1.62. The highest BCUT2D eigenvalue weighted by Gasteiger charge is 2.09. The summed E-state index contributed by atoms with van der Waals surface area (Å²) in [5, 5.41) is 16.7. The van der Waals surface area contributed by atoms with Crippen molar-refractivity contribution in [1.29, 1.82) is 0 Å². The Bertz CT molecular complexity index is 994. The minimum absolute atomic E-state index is 0.209. The van der Waals surface area contributed by atoms with Gasteiger partial charge in [0.25, 0.3) is 5.91 Å². The van der Waals surface area contributed by atoms with Crippen molar-refractivity contribution in [2.24, 2.45) is 0 Å². The van der Waals surface area contributed by atoms with Crippen molar-refractivity contribution in [3.05, 3.63) is 78.3 Å². The molecule has 1 amide bonds. The average Bonchev–Trinajstić information content (AvgIpc) is 3.37. The average molecular weight is 346 g/mol. The molecule has 0 fully saturated rings. The van der Waals surface area contributed by atoms with Crippen molar-refractivity contribution in [2.45, 2.75) is 6.42 Å². The van der Waals surface area contributed by atoms with Crippen LogP contribution in [0.2, 0.25) is 0 Å². The molecule has 0 radical (unpaired) electrons. The number of tetrazole rings is 1. The van der Waals surface area contributed by atoms with E-state index >= 15 is 0 Å². The Kier molecular flexibility index (Phi) is 4.17. The van der Waals surface area contributed by atoms with Gasteiger partial charge in [-0.25, -0.2) is 9.97 Å². The number of anilines is 1. The van der Waals surface area contributed by atoms with E-state index in [4.69, 9.17) is 0 Å². The molecule has 3 aromatic heterocycles. The van der Waals surface area contributed by atoms with Crippen LogP contribution in [0.1, 0.15) is 21.7 Å². The first kappa shape index (κ1) is 15.6. The second kappa shape index (κ2) is 6.93. The quantitative estimate of drug-likeness (QED) is 0.567. The Labute approximate surface area is 148 Å². The molecule has 0 aliphatic carbocycles. The highest BCUT2D eigenvalue weighted by atomic mass is 16.1. The molecule has 0 spiro atoms. The van der Waals surface area contributed by atoms with Crippen molar-refractivity contribution in [2.75, 3.05) is 5.32 Å². The summed E-state index contributed by atoms with van der Waals surface area (Å²) in [6.45, 7) is 0. The number of carbonyl (C=O) groups excluding carboxylic acids is 1. The van der Waals surface area contributed by atoms with E-state index in [1.807, 2.05) is 24.3 Å². The van der Waals surface area contributed by atoms with E-state index in [-0.39, 0.29) is 5.91 Å². The number of rotatable bonds is 5. The smallest absolute Gasteiger partial charge is 0.255 e. The summed E-state index contributed by atoms with van der Waals surface area (Å²) < 4.78 is 1.74. The SMILES string of the molecule is O=C(Nc1ccc(Cc2nn[nH]n2)cc1)c1ccnc(-n2ccnc2)c1. The standard InChI is InChI=1S/C17H14N8O/c26-17(13-5-6-19-16(10-13)25-8-7-18-11-25)20-14-3-1-12(2-4-14)9-15-21-23-24-22-15/h1-8,10-11H,9H2,(H,20,26)(H,21,22,23,24). The zero-order chi connectivity index (χ0) is 17.8. The van der Waals surface area contributed by atoms with E-state index in [9.17, 15) is 4.79 Å². The number of aromatic amines is 1. The Hall–Kier alpha value is -3.88. The van der Waals surface area contributed by atoms with Gasteiger partial charge in [-0.1, -0.05) is 17.3 Å². The minimum Gasteiger partial charge on any atom is -0.322 e. The second-order valence-electron chi connectivity index (χ2n) is 5.53. The van der Waals surface area contributed by atoms with Crippen molar-refractivity contribution >= 4 is 11.6 Å². The lowest BCUT2D eigenvalue weighted by atomic mass is 10.1. The number of imidazole rings is 1. The molecular formula is C17H14N8O. The van der Waals surface area contributed by atoms with E-state index < -0.39 is 0 Å². The van der Waals surface area contributed by atoms with Crippen LogP contribution in [0.15, 0.2) is 61.3 Å². The van der Waals surface area contributed by atoms with Gasteiger partial charge in [-0.05, 0) is 29.8 Å². The predicted molar refractivity (Wildman–Crippen MR) is 92.7 cm³/mol. The monoisotopic (exact) mass is 346 g/mol. The number of nitrogens with zero attached hydrogens (tertiary/aromatic N) is 6. The van der Waals surface area contributed by atoms with Gasteiger partial charge in [-0.2, -0.15) is 5.21 Å². The lowest BCUT2D eigenvalue weighted by Crippen LogP contribution is -2.12. The highest BCUT2D eigenvalue weighted by Crippen LogP contribution is 2.14. The van der Waals surface area contributed by atoms with E-state index in [1.54, 1.807) is 41.6 Å². The van der Waals surface area contributed by atoms with Crippen LogP contribution in [-0.4, -0.2) is 41.1 Å². The Morgan fingerprint density at radius 2 is 2.04 bits per heavy atom. The molecule has 0 unspecified atom stereocenters. The molecule has 128 valence electrons. The van der Waals surface area contributed by atoms with E-state index in [2.05, 4.69) is 35.9 Å². The number of hydrogen-bond acceptors (Lipinski definition) is 6. The van der Waals surface area contributed by atoms with Crippen molar-refractivity contribution in [3.63, 3.8) is 0 Å². The fourth-order valence-electron chi connectivity index (χ4n) is 2.44. The molecule has 0 atom stereocenters. The van der Waals surface area contributed by atoms with E-state index in [0.717, 1.165) is 5.56 Å². The molecule has 0 saturated heterocycles. The van der Waals surface area contributed by atoms with Crippen LogP contribution in [0, 0.1) is 0 Å². The summed E-state index contributed by atoms with van der Waals surface area (Å²) in [5.74, 6) is 1.04. The maximum absolute atomic E-state index is 12.5. The minimum atomic E-state index is -0.209. The second-order valence-corrected chi connectivity index (χ2v) is 5.53. The van der Waals surface area contributed by atoms with Crippen LogP contribution in [0.3, 0.4) is 0 Å². The van der Waals surface area contributed by atoms with Gasteiger partial charge in [0, 0.05) is 36.3 Å². The van der Waals surface area contributed by atoms with E-state index in [1.165, 1.54) is 0 Å². The molecule has 9 nitrogen and oxygen atoms in total. The Morgan fingerprint density at radius 3 is 2.77 bits per heavy atom. The first-order valence-electron chi connectivity index (χ1n) is 7.85. The lowest BCUT2D eigenvalue weighted by molar-refractivity contribution is 0.102. The van der Waals surface area contributed by atoms with Crippen LogP contribution in [0.25, 0.3) is 5.82 Å². The maximum atomic E-state index is 12.5. The molecule has 0 saturated carbocycles. The van der Waals surface area contributed by atoms with Crippen LogP contribution in [0.5, 0.6) is 0 Å². The van der Waals surface area contributed by atoms with Gasteiger partial charge in [0.1, 0.15) is 12.1 Å². The normalized spacial score (nSPS) is 10.6. The van der Waals surface area contributed by atoms with Gasteiger partial charge in [0.2, 0.25) is 0 Å². The zero-order valence-corrected chi connectivity index (χ0v) is 13.6. The maximum Gasteiger partial charge on any atom is 0.255 e. The van der Waals surface area contributed by atoms with Gasteiger partial charge >= 0.3 is 0 Å². The summed E-state index contributed by atoms with van der Waals surface area (Å²) in [6.07, 6.45) is 7.23. The van der Waals surface area contributed by atoms with Crippen molar-refractivity contribution in [3.8, 4) is 5.82 Å². The van der Waals surface area contributed by atoms with Gasteiger partial charge in [0.05, 0.1) is 0 Å². The van der Waals surface area contributed by atoms with Crippen LogP contribution < -0.4 is 5.32 Å². The third kappa shape index (κ3) is 3.46. The number of amides is 1. The van der Waals surface area contributed by atoms with Crippen LogP contribution >= 0.6 is 0 Å². The first-order valence-corrected chi connectivity index (χ1v) is 7.85. The molecule has 2 N–H and O–H groups in total. The molecule has 0 aliphatic rings. The molecule has 0 bridgehead atoms. The van der Waals surface area contributed by atoms with Crippen LogP contribution in [-0.2, 0) is 6.42 Å². The summed E-state index contributed by atoms with van der Waals surface area (Å²) >= 11 is 0. The molecule has 4 rings (SSSR count). The molecule has 3 heterocycles. The highest BCUT2D eigenvalue weighted by molar-refractivity contribution is 6.04. The van der Waals surface area contributed by atoms with Gasteiger partial charge in [-0.3, -0.25) is 9.36 Å². The number of H-pyrrole nitrogens is 1. The van der Waals surface area contributed by atoms with E-state index in [0.29, 0.717) is 29.3 Å². The molecular weight excluding hydrogens is 332 g/mol. The number of pyridine rings is 1. The van der Waals surface area contributed by atoms with Gasteiger partial charge in [0.15, 0.2) is 5.82 Å². The third-order valence-electron chi connectivity index (χ3n) is 3.74. The largest absolute Gasteiger partial charge is 0.322 e. The number of hydrogen-bond donors (Lipinski definition) is 2. The number of benzene rings is 1. The third-order valence-corrected chi connectivity index (χ3v) is 3.74. The molecule has 1 aromatic carbocycles. The van der Waals surface area contributed by atoms with Gasteiger partial charge in [-0.15, -0.1) is 10.2 Å². The molecule has 0 aliphatic heterocycles.